The molecule has 0 fully saturated rings. The van der Waals surface area contributed by atoms with Crippen molar-refractivity contribution in [2.24, 2.45) is 0 Å². The lowest BCUT2D eigenvalue weighted by molar-refractivity contribution is 0.0159. The molecule has 1 heterocycles. The molecule has 0 aliphatic heterocycles. The van der Waals surface area contributed by atoms with Gasteiger partial charge in [-0.15, -0.1) is 0 Å². The molecular weight excluding hydrogens is 172 g/mol. The highest BCUT2D eigenvalue weighted by Gasteiger charge is 2.09. The minimum Gasteiger partial charge on any atom is -0.478 e. The summed E-state index contributed by atoms with van der Waals surface area (Å²) in [6.07, 6.45) is 2.53. The van der Waals surface area contributed by atoms with E-state index in [4.69, 9.17) is 9.84 Å². The fraction of sp³-hybridized carbons (Fsp3) is 0.500. The number of carbonyl (C=O) groups is 1. The Morgan fingerprint density at radius 3 is 3.00 bits per heavy atom. The minimum absolute atomic E-state index is 0.173. The number of ether oxygens (including phenoxy) is 1. The third-order valence-electron chi connectivity index (χ3n) is 1.63. The van der Waals surface area contributed by atoms with Crippen LogP contribution in [0, 0.1) is 0 Å². The molecular formula is C8H12N2O3. The van der Waals surface area contributed by atoms with Crippen molar-refractivity contribution >= 4 is 5.97 Å². The number of hydrogen-bond donors (Lipinski definition) is 1. The maximum absolute atomic E-state index is 10.5. The van der Waals surface area contributed by atoms with E-state index in [1.807, 2.05) is 13.8 Å². The summed E-state index contributed by atoms with van der Waals surface area (Å²) in [6, 6.07) is 0. The average molecular weight is 184 g/mol. The molecule has 0 bridgehead atoms. The van der Waals surface area contributed by atoms with Crippen LogP contribution in [0.1, 0.15) is 30.4 Å². The van der Waals surface area contributed by atoms with Gasteiger partial charge in [0.1, 0.15) is 6.23 Å². The van der Waals surface area contributed by atoms with Crippen LogP contribution in [0.2, 0.25) is 0 Å². The van der Waals surface area contributed by atoms with Crippen molar-refractivity contribution in [2.75, 3.05) is 6.61 Å². The summed E-state index contributed by atoms with van der Waals surface area (Å²) in [5.74, 6) is -0.977. The molecule has 1 N–H and O–H groups in total. The van der Waals surface area contributed by atoms with E-state index in [9.17, 15) is 4.79 Å². The highest BCUT2D eigenvalue weighted by atomic mass is 16.5. The number of carboxylic acids is 1. The molecule has 5 heteroatoms. The summed E-state index contributed by atoms with van der Waals surface area (Å²) < 4.78 is 6.71. The molecule has 5 nitrogen and oxygen atoms in total. The van der Waals surface area contributed by atoms with Crippen LogP contribution in [-0.2, 0) is 4.74 Å². The molecule has 0 unspecified atom stereocenters. The topological polar surface area (TPSA) is 64.3 Å². The number of carboxylic acid groups (broad SMARTS) is 1. The molecule has 0 amide bonds. The molecule has 0 saturated carbocycles. The van der Waals surface area contributed by atoms with E-state index < -0.39 is 5.97 Å². The van der Waals surface area contributed by atoms with Gasteiger partial charge in [0.15, 0.2) is 0 Å². The van der Waals surface area contributed by atoms with E-state index in [1.165, 1.54) is 17.1 Å². The fourth-order valence-electron chi connectivity index (χ4n) is 0.965. The number of aromatic carboxylic acids is 1. The first kappa shape index (κ1) is 9.73. The van der Waals surface area contributed by atoms with Crippen LogP contribution >= 0.6 is 0 Å². The van der Waals surface area contributed by atoms with Crippen LogP contribution in [0.25, 0.3) is 0 Å². The van der Waals surface area contributed by atoms with E-state index in [0.717, 1.165) is 0 Å². The molecule has 1 atom stereocenters. The maximum Gasteiger partial charge on any atom is 0.338 e. The Morgan fingerprint density at radius 2 is 2.54 bits per heavy atom. The molecule has 0 aliphatic carbocycles. The van der Waals surface area contributed by atoms with Crippen LogP contribution < -0.4 is 0 Å². The lowest BCUT2D eigenvalue weighted by atomic mass is 10.4. The molecule has 0 aliphatic rings. The Balaban J connectivity index is 2.73. The third kappa shape index (κ3) is 2.29. The lowest BCUT2D eigenvalue weighted by Gasteiger charge is -2.10. The van der Waals surface area contributed by atoms with Gasteiger partial charge in [0, 0.05) is 12.8 Å². The number of aromatic nitrogens is 2. The van der Waals surface area contributed by atoms with Crippen molar-refractivity contribution in [3.63, 3.8) is 0 Å². The average Bonchev–Trinajstić information content (AvgIpc) is 2.52. The Labute approximate surface area is 75.9 Å². The van der Waals surface area contributed by atoms with Crippen molar-refractivity contribution in [3.05, 3.63) is 18.0 Å². The van der Waals surface area contributed by atoms with Gasteiger partial charge in [-0.3, -0.25) is 0 Å². The molecule has 1 aromatic rings. The first-order chi connectivity index (χ1) is 6.15. The van der Waals surface area contributed by atoms with Crippen LogP contribution in [0.3, 0.4) is 0 Å². The maximum atomic E-state index is 10.5. The second-order valence-corrected chi connectivity index (χ2v) is 2.57. The Hall–Kier alpha value is -1.36. The zero-order chi connectivity index (χ0) is 9.84. The van der Waals surface area contributed by atoms with Gasteiger partial charge in [0.05, 0.1) is 11.8 Å². The lowest BCUT2D eigenvalue weighted by Crippen LogP contribution is -2.09. The molecule has 13 heavy (non-hydrogen) atoms. The fourth-order valence-corrected chi connectivity index (χ4v) is 0.965. The predicted octanol–water partition coefficient (Wildman–Crippen LogP) is 1.14. The molecule has 72 valence electrons. The van der Waals surface area contributed by atoms with Gasteiger partial charge in [-0.2, -0.15) is 5.10 Å². The predicted molar refractivity (Wildman–Crippen MR) is 45.5 cm³/mol. The normalized spacial score (nSPS) is 12.8. The molecule has 1 rings (SSSR count). The Morgan fingerprint density at radius 1 is 1.85 bits per heavy atom. The standard InChI is InChI=1S/C8H12N2O3/c1-3-13-6(2)10-5-7(4-9-10)8(11)12/h4-6H,3H2,1-2H3,(H,11,12)/t6-/m1/s1. The van der Waals surface area contributed by atoms with Gasteiger partial charge in [-0.05, 0) is 13.8 Å². The largest absolute Gasteiger partial charge is 0.478 e. The summed E-state index contributed by atoms with van der Waals surface area (Å²) in [5, 5.41) is 12.5. The SMILES string of the molecule is CCO[C@H](C)n1cc(C(=O)O)cn1. The molecule has 0 spiro atoms. The van der Waals surface area contributed by atoms with E-state index >= 15 is 0 Å². The molecule has 0 radical (unpaired) electrons. The second kappa shape index (κ2) is 4.04. The van der Waals surface area contributed by atoms with Crippen LogP contribution in [0.15, 0.2) is 12.4 Å². The smallest absolute Gasteiger partial charge is 0.338 e. The first-order valence-corrected chi connectivity index (χ1v) is 4.04. The Bertz CT molecular complexity index is 295. The Kier molecular flexibility index (Phi) is 3.02. The van der Waals surface area contributed by atoms with Crippen LogP contribution in [0.5, 0.6) is 0 Å². The zero-order valence-electron chi connectivity index (χ0n) is 7.60. The zero-order valence-corrected chi connectivity index (χ0v) is 7.60. The van der Waals surface area contributed by atoms with Crippen molar-refractivity contribution < 1.29 is 14.6 Å². The third-order valence-corrected chi connectivity index (χ3v) is 1.63. The van der Waals surface area contributed by atoms with E-state index in [1.54, 1.807) is 0 Å². The van der Waals surface area contributed by atoms with E-state index in [0.29, 0.717) is 6.61 Å². The number of nitrogens with zero attached hydrogens (tertiary/aromatic N) is 2. The van der Waals surface area contributed by atoms with Gasteiger partial charge in [-0.25, -0.2) is 9.48 Å². The molecule has 0 saturated heterocycles. The van der Waals surface area contributed by atoms with Crippen molar-refractivity contribution in [1.82, 2.24) is 9.78 Å². The van der Waals surface area contributed by atoms with Gasteiger partial charge < -0.3 is 9.84 Å². The highest BCUT2D eigenvalue weighted by molar-refractivity contribution is 5.86. The molecule has 0 aromatic carbocycles. The van der Waals surface area contributed by atoms with E-state index in [-0.39, 0.29) is 11.8 Å². The van der Waals surface area contributed by atoms with Gasteiger partial charge in [-0.1, -0.05) is 0 Å². The molecule has 1 aromatic heterocycles. The summed E-state index contributed by atoms with van der Waals surface area (Å²) in [4.78, 5) is 10.5. The van der Waals surface area contributed by atoms with Crippen LogP contribution in [-0.4, -0.2) is 27.5 Å². The van der Waals surface area contributed by atoms with Crippen molar-refractivity contribution in [2.45, 2.75) is 20.1 Å². The van der Waals surface area contributed by atoms with Crippen molar-refractivity contribution in [1.29, 1.82) is 0 Å². The minimum atomic E-state index is -0.977. The summed E-state index contributed by atoms with van der Waals surface area (Å²) in [6.45, 7) is 4.25. The summed E-state index contributed by atoms with van der Waals surface area (Å²) >= 11 is 0. The van der Waals surface area contributed by atoms with E-state index in [2.05, 4.69) is 5.10 Å². The van der Waals surface area contributed by atoms with Gasteiger partial charge in [0.2, 0.25) is 0 Å². The summed E-state index contributed by atoms with van der Waals surface area (Å²) in [7, 11) is 0. The highest BCUT2D eigenvalue weighted by Crippen LogP contribution is 2.07. The quantitative estimate of drug-likeness (QED) is 0.762. The number of rotatable bonds is 4. The van der Waals surface area contributed by atoms with Crippen LogP contribution in [0.4, 0.5) is 0 Å². The first-order valence-electron chi connectivity index (χ1n) is 4.04. The summed E-state index contributed by atoms with van der Waals surface area (Å²) in [5.41, 5.74) is 0.173. The number of hydrogen-bond acceptors (Lipinski definition) is 3. The second-order valence-electron chi connectivity index (χ2n) is 2.57. The van der Waals surface area contributed by atoms with Crippen molar-refractivity contribution in [3.8, 4) is 0 Å². The van der Waals surface area contributed by atoms with Gasteiger partial charge in [0.25, 0.3) is 0 Å². The van der Waals surface area contributed by atoms with Gasteiger partial charge >= 0.3 is 5.97 Å². The monoisotopic (exact) mass is 184 g/mol.